The fraction of sp³-hybridized carbons (Fsp3) is 0.294. The normalized spacial score (nSPS) is 16.8. The lowest BCUT2D eigenvalue weighted by molar-refractivity contribution is 0.0308. The Morgan fingerprint density at radius 2 is 2.17 bits per heavy atom. The second-order valence-electron chi connectivity index (χ2n) is 5.80. The van der Waals surface area contributed by atoms with Crippen molar-refractivity contribution in [2.75, 3.05) is 18.4 Å². The molecular weight excluding hydrogens is 390 g/mol. The summed E-state index contributed by atoms with van der Waals surface area (Å²) in [6.07, 6.45) is 5.37. The van der Waals surface area contributed by atoms with Gasteiger partial charge in [0.25, 0.3) is 0 Å². The molecule has 0 aliphatic carbocycles. The second-order valence-corrected chi connectivity index (χ2v) is 7.58. The fourth-order valence-corrected chi connectivity index (χ4v) is 3.51. The van der Waals surface area contributed by atoms with Crippen LogP contribution in [0.1, 0.15) is 18.2 Å². The highest BCUT2D eigenvalue weighted by molar-refractivity contribution is 9.10. The SMILES string of the molecule is C#CC(C)(c1ccc(Br)cc1)c1csc(NC(=O)N2CC(O)C2)n1. The van der Waals surface area contributed by atoms with Crippen LogP contribution in [0.15, 0.2) is 34.1 Å². The fourth-order valence-electron chi connectivity index (χ4n) is 2.44. The number of benzene rings is 1. The molecule has 0 saturated carbocycles. The van der Waals surface area contributed by atoms with E-state index in [1.54, 1.807) is 0 Å². The molecule has 0 bridgehead atoms. The monoisotopic (exact) mass is 405 g/mol. The minimum Gasteiger partial charge on any atom is -0.389 e. The zero-order valence-electron chi connectivity index (χ0n) is 13.0. The number of aliphatic hydroxyl groups is 1. The summed E-state index contributed by atoms with van der Waals surface area (Å²) in [6, 6.07) is 7.54. The molecule has 2 amide bonds. The quantitative estimate of drug-likeness (QED) is 0.771. The number of urea groups is 1. The maximum Gasteiger partial charge on any atom is 0.323 e. The van der Waals surface area contributed by atoms with Gasteiger partial charge in [0.1, 0.15) is 0 Å². The Kier molecular flexibility index (Phi) is 4.63. The number of rotatable bonds is 3. The summed E-state index contributed by atoms with van der Waals surface area (Å²) in [5, 5.41) is 14.4. The van der Waals surface area contributed by atoms with Gasteiger partial charge in [0.05, 0.1) is 30.3 Å². The van der Waals surface area contributed by atoms with Crippen LogP contribution in [0.3, 0.4) is 0 Å². The number of aromatic nitrogens is 1. The highest BCUT2D eigenvalue weighted by atomic mass is 79.9. The largest absolute Gasteiger partial charge is 0.389 e. The molecule has 0 spiro atoms. The summed E-state index contributed by atoms with van der Waals surface area (Å²) in [6.45, 7) is 2.64. The lowest BCUT2D eigenvalue weighted by Gasteiger charge is -2.35. The number of terminal acetylenes is 1. The topological polar surface area (TPSA) is 65.5 Å². The molecule has 24 heavy (non-hydrogen) atoms. The highest BCUT2D eigenvalue weighted by Gasteiger charge is 2.31. The molecule has 1 aromatic heterocycles. The maximum absolute atomic E-state index is 12.0. The van der Waals surface area contributed by atoms with Gasteiger partial charge in [-0.15, -0.1) is 17.8 Å². The zero-order valence-corrected chi connectivity index (χ0v) is 15.4. The van der Waals surface area contributed by atoms with Crippen molar-refractivity contribution < 1.29 is 9.90 Å². The number of carbonyl (C=O) groups excluding carboxylic acids is 1. The number of thiazole rings is 1. The Bertz CT molecular complexity index is 793. The van der Waals surface area contributed by atoms with Crippen molar-refractivity contribution in [2.45, 2.75) is 18.4 Å². The Hall–Kier alpha value is -1.88. The standard InChI is InChI=1S/C17H16BrN3O2S/c1-3-17(2,11-4-6-12(18)7-5-11)14-10-24-15(19-14)20-16(23)21-8-13(22)9-21/h1,4-7,10,13,22H,8-9H2,2H3,(H,19,20,23). The first-order chi connectivity index (χ1) is 11.4. The number of halogens is 1. The van der Waals surface area contributed by atoms with Crippen LogP contribution in [-0.4, -0.2) is 40.2 Å². The smallest absolute Gasteiger partial charge is 0.323 e. The molecule has 1 aromatic carbocycles. The lowest BCUT2D eigenvalue weighted by Crippen LogP contribution is -2.54. The van der Waals surface area contributed by atoms with E-state index in [0.717, 1.165) is 15.7 Å². The number of likely N-dealkylation sites (tertiary alicyclic amines) is 1. The number of amides is 2. The first kappa shape index (κ1) is 17.0. The van der Waals surface area contributed by atoms with Crippen LogP contribution < -0.4 is 5.32 Å². The van der Waals surface area contributed by atoms with Crippen LogP contribution in [0.25, 0.3) is 0 Å². The van der Waals surface area contributed by atoms with Gasteiger partial charge in [0, 0.05) is 9.85 Å². The molecule has 0 radical (unpaired) electrons. The average molecular weight is 406 g/mol. The summed E-state index contributed by atoms with van der Waals surface area (Å²) in [4.78, 5) is 18.0. The summed E-state index contributed by atoms with van der Waals surface area (Å²) in [7, 11) is 0. The molecule has 1 aliphatic heterocycles. The van der Waals surface area contributed by atoms with E-state index in [1.807, 2.05) is 36.6 Å². The lowest BCUT2D eigenvalue weighted by atomic mass is 9.81. The molecular formula is C17H16BrN3O2S. The van der Waals surface area contributed by atoms with Crippen molar-refractivity contribution >= 4 is 38.4 Å². The van der Waals surface area contributed by atoms with Gasteiger partial charge in [0.15, 0.2) is 5.13 Å². The van der Waals surface area contributed by atoms with Gasteiger partial charge >= 0.3 is 6.03 Å². The number of nitrogens with zero attached hydrogens (tertiary/aromatic N) is 2. The van der Waals surface area contributed by atoms with Crippen LogP contribution in [0.2, 0.25) is 0 Å². The van der Waals surface area contributed by atoms with E-state index >= 15 is 0 Å². The summed E-state index contributed by atoms with van der Waals surface area (Å²) in [5.74, 6) is 2.82. The van der Waals surface area contributed by atoms with E-state index in [1.165, 1.54) is 16.2 Å². The van der Waals surface area contributed by atoms with Gasteiger partial charge in [0.2, 0.25) is 0 Å². The number of anilines is 1. The number of hydrogen-bond acceptors (Lipinski definition) is 4. The molecule has 7 heteroatoms. The molecule has 5 nitrogen and oxygen atoms in total. The predicted molar refractivity (Wildman–Crippen MR) is 98.1 cm³/mol. The van der Waals surface area contributed by atoms with E-state index in [4.69, 9.17) is 6.42 Å². The average Bonchev–Trinajstić information content (AvgIpc) is 3.00. The third-order valence-electron chi connectivity index (χ3n) is 4.09. The van der Waals surface area contributed by atoms with E-state index in [9.17, 15) is 9.90 Å². The van der Waals surface area contributed by atoms with Gasteiger partial charge < -0.3 is 10.0 Å². The molecule has 2 N–H and O–H groups in total. The third kappa shape index (κ3) is 3.18. The molecule has 1 unspecified atom stereocenters. The van der Waals surface area contributed by atoms with Crippen molar-refractivity contribution in [3.63, 3.8) is 0 Å². The Morgan fingerprint density at radius 1 is 1.50 bits per heavy atom. The van der Waals surface area contributed by atoms with Crippen LogP contribution in [0.4, 0.5) is 9.93 Å². The third-order valence-corrected chi connectivity index (χ3v) is 5.38. The first-order valence-electron chi connectivity index (χ1n) is 7.36. The minimum absolute atomic E-state index is 0.257. The molecule has 1 aliphatic rings. The van der Waals surface area contributed by atoms with Gasteiger partial charge in [-0.25, -0.2) is 9.78 Å². The first-order valence-corrected chi connectivity index (χ1v) is 9.03. The Morgan fingerprint density at radius 3 is 2.75 bits per heavy atom. The van der Waals surface area contributed by atoms with Gasteiger partial charge in [-0.1, -0.05) is 34.0 Å². The number of aliphatic hydroxyl groups excluding tert-OH is 1. The zero-order chi connectivity index (χ0) is 17.3. The molecule has 1 fully saturated rings. The Balaban J connectivity index is 1.79. The van der Waals surface area contributed by atoms with E-state index in [-0.39, 0.29) is 6.03 Å². The van der Waals surface area contributed by atoms with Crippen molar-refractivity contribution in [2.24, 2.45) is 0 Å². The van der Waals surface area contributed by atoms with Crippen molar-refractivity contribution in [3.8, 4) is 12.3 Å². The summed E-state index contributed by atoms with van der Waals surface area (Å²) < 4.78 is 0.980. The number of hydrogen-bond donors (Lipinski definition) is 2. The number of β-amino-alcohol motifs (C(OH)–C–C–N with tert-alkyl or cyclic N) is 1. The van der Waals surface area contributed by atoms with E-state index < -0.39 is 11.5 Å². The number of nitrogens with one attached hydrogen (secondary N) is 1. The number of carbonyl (C=O) groups is 1. The van der Waals surface area contributed by atoms with Crippen LogP contribution in [-0.2, 0) is 5.41 Å². The van der Waals surface area contributed by atoms with Crippen molar-refractivity contribution in [3.05, 3.63) is 45.4 Å². The van der Waals surface area contributed by atoms with Crippen molar-refractivity contribution in [1.82, 2.24) is 9.88 Å². The van der Waals surface area contributed by atoms with Gasteiger partial charge in [-0.3, -0.25) is 5.32 Å². The van der Waals surface area contributed by atoms with Gasteiger partial charge in [-0.2, -0.15) is 0 Å². The summed E-state index contributed by atoms with van der Waals surface area (Å²) in [5.41, 5.74) is 1.01. The van der Waals surface area contributed by atoms with Crippen LogP contribution >= 0.6 is 27.3 Å². The minimum atomic E-state index is -0.673. The highest BCUT2D eigenvalue weighted by Crippen LogP contribution is 2.34. The van der Waals surface area contributed by atoms with E-state index in [2.05, 4.69) is 32.2 Å². The molecule has 2 heterocycles. The summed E-state index contributed by atoms with van der Waals surface area (Å²) >= 11 is 4.75. The molecule has 1 atom stereocenters. The Labute approximate surface area is 152 Å². The molecule has 124 valence electrons. The van der Waals surface area contributed by atoms with Crippen LogP contribution in [0, 0.1) is 12.3 Å². The van der Waals surface area contributed by atoms with Gasteiger partial charge in [-0.05, 0) is 24.6 Å². The molecule has 3 rings (SSSR count). The van der Waals surface area contributed by atoms with Crippen LogP contribution in [0.5, 0.6) is 0 Å². The molecule has 2 aromatic rings. The predicted octanol–water partition coefficient (Wildman–Crippen LogP) is 3.05. The second kappa shape index (κ2) is 6.55. The van der Waals surface area contributed by atoms with E-state index in [0.29, 0.717) is 18.2 Å². The molecule has 1 saturated heterocycles. The maximum atomic E-state index is 12.0. The van der Waals surface area contributed by atoms with Crippen molar-refractivity contribution in [1.29, 1.82) is 0 Å².